The van der Waals surface area contributed by atoms with Gasteiger partial charge in [0.1, 0.15) is 12.2 Å². The second kappa shape index (κ2) is 14.7. The summed E-state index contributed by atoms with van der Waals surface area (Å²) in [7, 11) is 0. The summed E-state index contributed by atoms with van der Waals surface area (Å²) >= 11 is 0. The largest absolute Gasteiger partial charge is 0.462 e. The Balaban J connectivity index is 1.15. The fourth-order valence-electron chi connectivity index (χ4n) is 13.0. The Labute approximate surface area is 332 Å². The summed E-state index contributed by atoms with van der Waals surface area (Å²) in [5.74, 6) is -0.995. The van der Waals surface area contributed by atoms with Crippen LogP contribution in [0.5, 0.6) is 0 Å². The van der Waals surface area contributed by atoms with Gasteiger partial charge in [0, 0.05) is 23.0 Å². The maximum Gasteiger partial charge on any atom is 0.331 e. The number of ether oxygens (including phenoxy) is 2. The molecule has 0 aromatic heterocycles. The van der Waals surface area contributed by atoms with Crippen LogP contribution in [0.1, 0.15) is 97.6 Å². The normalized spacial score (nSPS) is 41.5. The van der Waals surface area contributed by atoms with Crippen molar-refractivity contribution in [3.05, 3.63) is 95.6 Å². The van der Waals surface area contributed by atoms with Crippen molar-refractivity contribution in [2.24, 2.45) is 50.2 Å². The van der Waals surface area contributed by atoms with E-state index in [-0.39, 0.29) is 35.2 Å². The first-order valence-corrected chi connectivity index (χ1v) is 20.7. The lowest BCUT2D eigenvalue weighted by molar-refractivity contribution is -0.262. The first-order valence-electron chi connectivity index (χ1n) is 20.7. The lowest BCUT2D eigenvalue weighted by Gasteiger charge is -2.72. The predicted octanol–water partition coefficient (Wildman–Crippen LogP) is 7.55. The number of carbonyl (C=O) groups is 2. The van der Waals surface area contributed by atoms with E-state index >= 15 is 0 Å². The van der Waals surface area contributed by atoms with Crippen molar-refractivity contribution in [3.8, 4) is 0 Å². The number of aliphatic hydroxyl groups is 4. The molecule has 0 radical (unpaired) electrons. The smallest absolute Gasteiger partial charge is 0.331 e. The molecular weight excluding hydrogens is 705 g/mol. The molecule has 0 spiro atoms. The summed E-state index contributed by atoms with van der Waals surface area (Å²) in [6.07, 6.45) is 9.58. The molecular formula is C48H62O8. The van der Waals surface area contributed by atoms with Gasteiger partial charge in [-0.25, -0.2) is 9.59 Å². The SMILES string of the molecule is CC1(C)CC2C3=CCC4[C@@]5(C)CC[C@H](O)[C@](C)(COC(=O)C=Cc6ccccc6)C5CC[C@@]4(C)[C@]3(C)C[C@@H](O)[C@@]2(CO)[C@@H](O)[C@@H]1OC(=O)C=Cc1ccccc1. The van der Waals surface area contributed by atoms with Crippen LogP contribution < -0.4 is 0 Å². The molecule has 0 amide bonds. The molecule has 4 N–H and O–H groups in total. The zero-order valence-electron chi connectivity index (χ0n) is 34.0. The molecule has 0 saturated heterocycles. The molecule has 5 aliphatic carbocycles. The van der Waals surface area contributed by atoms with E-state index in [0.29, 0.717) is 19.3 Å². The number of rotatable bonds is 8. The Morgan fingerprint density at radius 1 is 0.768 bits per heavy atom. The topological polar surface area (TPSA) is 134 Å². The number of esters is 2. The number of fused-ring (bicyclic) bond motifs is 7. The minimum Gasteiger partial charge on any atom is -0.462 e. The van der Waals surface area contributed by atoms with Crippen molar-refractivity contribution in [3.63, 3.8) is 0 Å². The summed E-state index contributed by atoms with van der Waals surface area (Å²) in [5, 5.41) is 47.5. The Morgan fingerprint density at radius 2 is 1.38 bits per heavy atom. The van der Waals surface area contributed by atoms with Gasteiger partial charge in [-0.2, -0.15) is 0 Å². The number of hydrogen-bond donors (Lipinski definition) is 4. The third kappa shape index (κ3) is 6.34. The summed E-state index contributed by atoms with van der Waals surface area (Å²) in [5.41, 5.74) is -0.479. The zero-order chi connectivity index (χ0) is 40.3. The van der Waals surface area contributed by atoms with Crippen LogP contribution in [0, 0.1) is 50.2 Å². The van der Waals surface area contributed by atoms with Crippen LogP contribution in [0.4, 0.5) is 0 Å². The van der Waals surface area contributed by atoms with Gasteiger partial charge in [0.05, 0.1) is 30.8 Å². The number of aliphatic hydroxyl groups excluding tert-OH is 4. The standard InChI is InChI=1S/C48H62O8/c1-43(2)27-34-33-19-20-36-44(3)25-24-37(50)45(4,30-55-39(52)21-17-31-13-9-7-10-14-31)35(44)23-26-46(36,5)47(33,6)28-38(51)48(34,29-49)41(54)42(43)56-40(53)22-18-32-15-11-8-12-16-32/h7-19,21-22,34-38,41-42,49-51,54H,20,23-30H2,1-6H3/t34?,35?,36?,37-,38+,41-,42-,44-,45+,46+,47+,48-/m0/s1. The number of allylic oxidation sites excluding steroid dienone is 2. The van der Waals surface area contributed by atoms with E-state index in [1.54, 1.807) is 12.2 Å². The van der Waals surface area contributed by atoms with Crippen molar-refractivity contribution in [1.29, 1.82) is 0 Å². The minimum atomic E-state index is -1.30. The Hall–Kier alpha value is -3.56. The summed E-state index contributed by atoms with van der Waals surface area (Å²) in [4.78, 5) is 26.2. The molecule has 8 nitrogen and oxygen atoms in total. The molecule has 2 aromatic rings. The minimum absolute atomic E-state index is 0.105. The molecule has 2 aromatic carbocycles. The van der Waals surface area contributed by atoms with Gasteiger partial charge in [-0.05, 0) is 102 Å². The van der Waals surface area contributed by atoms with Crippen LogP contribution in [0.15, 0.2) is 84.5 Å². The van der Waals surface area contributed by atoms with E-state index in [0.717, 1.165) is 36.8 Å². The number of hydrogen-bond acceptors (Lipinski definition) is 8. The van der Waals surface area contributed by atoms with Crippen molar-refractivity contribution < 1.29 is 39.5 Å². The molecule has 4 fully saturated rings. The fourth-order valence-corrected chi connectivity index (χ4v) is 13.0. The molecule has 4 saturated carbocycles. The highest BCUT2D eigenvalue weighted by Crippen LogP contribution is 2.75. The molecule has 0 heterocycles. The zero-order valence-corrected chi connectivity index (χ0v) is 34.0. The van der Waals surface area contributed by atoms with E-state index in [4.69, 9.17) is 9.47 Å². The van der Waals surface area contributed by atoms with Gasteiger partial charge in [0.15, 0.2) is 0 Å². The molecule has 56 heavy (non-hydrogen) atoms. The van der Waals surface area contributed by atoms with Gasteiger partial charge in [0.25, 0.3) is 0 Å². The third-order valence-corrected chi connectivity index (χ3v) is 16.3. The molecule has 0 bridgehead atoms. The lowest BCUT2D eigenvalue weighted by atomic mass is 9.33. The molecule has 0 aliphatic heterocycles. The van der Waals surface area contributed by atoms with Crippen LogP contribution in [-0.2, 0) is 19.1 Å². The maximum absolute atomic E-state index is 13.2. The van der Waals surface area contributed by atoms with Gasteiger partial charge in [0.2, 0.25) is 0 Å². The lowest BCUT2D eigenvalue weighted by Crippen LogP contribution is -2.72. The second-order valence-corrected chi connectivity index (χ2v) is 19.5. The van der Waals surface area contributed by atoms with E-state index in [2.05, 4.69) is 33.8 Å². The van der Waals surface area contributed by atoms with Crippen LogP contribution >= 0.6 is 0 Å². The van der Waals surface area contributed by atoms with E-state index in [1.165, 1.54) is 17.7 Å². The molecule has 8 heteroatoms. The maximum atomic E-state index is 13.2. The predicted molar refractivity (Wildman–Crippen MR) is 216 cm³/mol. The van der Waals surface area contributed by atoms with Crippen LogP contribution in [-0.4, -0.2) is 70.0 Å². The van der Waals surface area contributed by atoms with E-state index in [9.17, 15) is 30.0 Å². The van der Waals surface area contributed by atoms with Crippen LogP contribution in [0.25, 0.3) is 12.2 Å². The fraction of sp³-hybridized carbons (Fsp3) is 0.583. The van der Waals surface area contributed by atoms with Crippen molar-refractivity contribution in [2.75, 3.05) is 13.2 Å². The summed E-state index contributed by atoms with van der Waals surface area (Å²) in [6, 6.07) is 19.1. The monoisotopic (exact) mass is 766 g/mol. The van der Waals surface area contributed by atoms with Gasteiger partial charge >= 0.3 is 11.9 Å². The average molecular weight is 767 g/mol. The van der Waals surface area contributed by atoms with E-state index in [1.807, 2.05) is 74.5 Å². The van der Waals surface area contributed by atoms with Crippen molar-refractivity contribution >= 4 is 24.1 Å². The van der Waals surface area contributed by atoms with Crippen molar-refractivity contribution in [1.82, 2.24) is 0 Å². The highest BCUT2D eigenvalue weighted by atomic mass is 16.6. The highest BCUT2D eigenvalue weighted by molar-refractivity contribution is 5.87. The first kappa shape index (κ1) is 40.6. The van der Waals surface area contributed by atoms with Gasteiger partial charge in [-0.15, -0.1) is 0 Å². The molecule has 7 rings (SSSR count). The number of benzene rings is 2. The Bertz CT molecular complexity index is 1870. The second-order valence-electron chi connectivity index (χ2n) is 19.5. The molecule has 3 unspecified atom stereocenters. The molecule has 12 atom stereocenters. The summed E-state index contributed by atoms with van der Waals surface area (Å²) in [6.45, 7) is 12.8. The van der Waals surface area contributed by atoms with E-state index < -0.39 is 64.6 Å². The average Bonchev–Trinajstić information content (AvgIpc) is 3.17. The van der Waals surface area contributed by atoms with Gasteiger partial charge in [-0.3, -0.25) is 0 Å². The van der Waals surface area contributed by atoms with Crippen LogP contribution in [0.3, 0.4) is 0 Å². The summed E-state index contributed by atoms with van der Waals surface area (Å²) < 4.78 is 11.9. The Morgan fingerprint density at radius 3 is 1.98 bits per heavy atom. The third-order valence-electron chi connectivity index (χ3n) is 16.3. The molecule has 302 valence electrons. The first-order chi connectivity index (χ1) is 26.5. The van der Waals surface area contributed by atoms with Crippen molar-refractivity contribution in [2.45, 2.75) is 111 Å². The number of carbonyl (C=O) groups excluding carboxylic acids is 2. The Kier molecular flexibility index (Phi) is 10.6. The van der Waals surface area contributed by atoms with Crippen LogP contribution in [0.2, 0.25) is 0 Å². The highest BCUT2D eigenvalue weighted by Gasteiger charge is 2.73. The van der Waals surface area contributed by atoms with Gasteiger partial charge in [-0.1, -0.05) is 114 Å². The quantitative estimate of drug-likeness (QED) is 0.123. The molecule has 5 aliphatic rings. The van der Waals surface area contributed by atoms with Gasteiger partial charge < -0.3 is 29.9 Å².